The van der Waals surface area contributed by atoms with E-state index in [1.807, 2.05) is 0 Å². The maximum Gasteiger partial charge on any atom is -0.0167 e. The Kier molecular flexibility index (Phi) is 7.79. The Morgan fingerprint density at radius 3 is 1.27 bits per heavy atom. The monoisotopic (exact) mass is 394 g/mol. The van der Waals surface area contributed by atoms with Crippen LogP contribution in [0.15, 0.2) is 0 Å². The van der Waals surface area contributed by atoms with Crippen LogP contribution in [-0.2, 0) is 0 Å². The van der Waals surface area contributed by atoms with Crippen molar-refractivity contribution in [3.63, 3.8) is 0 Å². The summed E-state index contributed by atoms with van der Waals surface area (Å²) in [5.74, 6) is 0. The third-order valence-electron chi connectivity index (χ3n) is 8.39. The minimum absolute atomic E-state index is 0.328. The molecule has 0 aromatic rings. The van der Waals surface area contributed by atoms with E-state index in [4.69, 9.17) is 0 Å². The van der Waals surface area contributed by atoms with E-state index in [1.54, 1.807) is 109 Å². The van der Waals surface area contributed by atoms with Crippen molar-refractivity contribution in [3.8, 4) is 0 Å². The van der Waals surface area contributed by atoms with Crippen LogP contribution in [0.1, 0.15) is 116 Å². The fourth-order valence-corrected chi connectivity index (χ4v) is 16.5. The maximum atomic E-state index is 2.58. The van der Waals surface area contributed by atoms with Gasteiger partial charge in [-0.3, -0.25) is 0 Å². The molecule has 0 N–H and O–H groups in total. The SMILES string of the molecule is CCC(CP(C1CCCC1)C1CCCC1)P(C1CCCC1)C1CCCC1. The highest BCUT2D eigenvalue weighted by atomic mass is 31.1. The van der Waals surface area contributed by atoms with E-state index in [9.17, 15) is 0 Å². The summed E-state index contributed by atoms with van der Waals surface area (Å²) < 4.78 is 0. The standard InChI is InChI=1S/C24H44P2/c1-2-20(26(23-15-7-8-16-23)24-17-9-10-18-24)19-25(21-11-3-4-12-21)22-13-5-6-14-22/h20-24H,2-19H2,1H3. The van der Waals surface area contributed by atoms with Crippen LogP contribution in [0.3, 0.4) is 0 Å². The van der Waals surface area contributed by atoms with Crippen LogP contribution >= 0.6 is 15.8 Å². The Balaban J connectivity index is 1.49. The second-order valence-electron chi connectivity index (χ2n) is 9.96. The van der Waals surface area contributed by atoms with E-state index in [-0.39, 0.29) is 0 Å². The summed E-state index contributed by atoms with van der Waals surface area (Å²) in [5.41, 5.74) is 5.89. The molecule has 4 saturated carbocycles. The van der Waals surface area contributed by atoms with E-state index in [0.717, 1.165) is 5.66 Å². The Bertz CT molecular complexity index is 366. The molecule has 0 aliphatic heterocycles. The number of rotatable bonds is 8. The fraction of sp³-hybridized carbons (Fsp3) is 1.00. The molecule has 0 spiro atoms. The van der Waals surface area contributed by atoms with Crippen molar-refractivity contribution in [2.45, 2.75) is 144 Å². The van der Waals surface area contributed by atoms with Crippen LogP contribution < -0.4 is 0 Å². The molecule has 4 aliphatic rings. The molecule has 0 aromatic carbocycles. The Morgan fingerprint density at radius 1 is 0.577 bits per heavy atom. The summed E-state index contributed by atoms with van der Waals surface area (Å²) in [5, 5.41) is 0. The van der Waals surface area contributed by atoms with Crippen LogP contribution in [0.25, 0.3) is 0 Å². The van der Waals surface area contributed by atoms with E-state index in [2.05, 4.69) is 6.92 Å². The normalized spacial score (nSPS) is 28.3. The van der Waals surface area contributed by atoms with Gasteiger partial charge in [0.1, 0.15) is 0 Å². The predicted molar refractivity (Wildman–Crippen MR) is 122 cm³/mol. The lowest BCUT2D eigenvalue weighted by Crippen LogP contribution is -2.25. The van der Waals surface area contributed by atoms with E-state index in [0.29, 0.717) is 15.8 Å². The van der Waals surface area contributed by atoms with Gasteiger partial charge < -0.3 is 0 Å². The van der Waals surface area contributed by atoms with Gasteiger partial charge in [0.25, 0.3) is 0 Å². The van der Waals surface area contributed by atoms with Gasteiger partial charge in [0.2, 0.25) is 0 Å². The average Bonchev–Trinajstić information content (AvgIpc) is 3.46. The Labute approximate surface area is 166 Å². The molecule has 150 valence electrons. The molecule has 4 fully saturated rings. The zero-order valence-electron chi connectivity index (χ0n) is 17.5. The van der Waals surface area contributed by atoms with Crippen molar-refractivity contribution in [2.75, 3.05) is 6.16 Å². The maximum absolute atomic E-state index is 2.58. The third kappa shape index (κ3) is 4.70. The third-order valence-corrected chi connectivity index (χ3v) is 16.6. The summed E-state index contributed by atoms with van der Waals surface area (Å²) in [6, 6.07) is 0. The van der Waals surface area contributed by atoms with Crippen LogP contribution in [0, 0.1) is 0 Å². The molecule has 0 heterocycles. The molecule has 0 nitrogen and oxygen atoms in total. The van der Waals surface area contributed by atoms with Crippen molar-refractivity contribution in [3.05, 3.63) is 0 Å². The van der Waals surface area contributed by atoms with Gasteiger partial charge in [0.15, 0.2) is 0 Å². The van der Waals surface area contributed by atoms with Crippen molar-refractivity contribution in [1.29, 1.82) is 0 Å². The second-order valence-corrected chi connectivity index (χ2v) is 15.9. The first-order valence-corrected chi connectivity index (χ1v) is 15.6. The summed E-state index contributed by atoms with van der Waals surface area (Å²) in [7, 11) is 0.675. The number of hydrogen-bond acceptors (Lipinski definition) is 0. The Morgan fingerprint density at radius 2 is 0.923 bits per heavy atom. The molecule has 26 heavy (non-hydrogen) atoms. The van der Waals surface area contributed by atoms with E-state index >= 15 is 0 Å². The largest absolute Gasteiger partial charge is 0.0997 e. The van der Waals surface area contributed by atoms with Crippen molar-refractivity contribution in [1.82, 2.24) is 0 Å². The second kappa shape index (κ2) is 10.1. The highest BCUT2D eigenvalue weighted by Crippen LogP contribution is 2.65. The molecule has 0 saturated heterocycles. The molecular weight excluding hydrogens is 350 g/mol. The van der Waals surface area contributed by atoms with Crippen LogP contribution in [0.4, 0.5) is 0 Å². The summed E-state index contributed by atoms with van der Waals surface area (Å²) >= 11 is 0. The predicted octanol–water partition coefficient (Wildman–Crippen LogP) is 8.50. The molecule has 0 aromatic heterocycles. The van der Waals surface area contributed by atoms with Crippen molar-refractivity contribution in [2.24, 2.45) is 0 Å². The molecule has 4 rings (SSSR count). The van der Waals surface area contributed by atoms with Crippen molar-refractivity contribution < 1.29 is 0 Å². The van der Waals surface area contributed by atoms with Gasteiger partial charge in [-0.2, -0.15) is 0 Å². The quantitative estimate of drug-likeness (QED) is 0.362. The fourth-order valence-electron chi connectivity index (χ4n) is 7.04. The van der Waals surface area contributed by atoms with Crippen LogP contribution in [0.5, 0.6) is 0 Å². The van der Waals surface area contributed by atoms with Gasteiger partial charge in [-0.15, -0.1) is 0 Å². The van der Waals surface area contributed by atoms with Gasteiger partial charge in [-0.25, -0.2) is 0 Å². The van der Waals surface area contributed by atoms with E-state index in [1.165, 1.54) is 29.1 Å². The lowest BCUT2D eigenvalue weighted by molar-refractivity contribution is 0.767. The molecule has 1 unspecified atom stereocenters. The first kappa shape index (κ1) is 20.1. The van der Waals surface area contributed by atoms with Crippen molar-refractivity contribution >= 4 is 15.8 Å². The van der Waals surface area contributed by atoms with Crippen LogP contribution in [-0.4, -0.2) is 34.5 Å². The minimum Gasteiger partial charge on any atom is -0.0997 e. The summed E-state index contributed by atoms with van der Waals surface area (Å²) in [6.45, 7) is 2.58. The highest BCUT2D eigenvalue weighted by Gasteiger charge is 2.40. The highest BCUT2D eigenvalue weighted by molar-refractivity contribution is 7.63. The smallest absolute Gasteiger partial charge is 0.0167 e. The first-order valence-electron chi connectivity index (χ1n) is 12.4. The van der Waals surface area contributed by atoms with Crippen LogP contribution in [0.2, 0.25) is 0 Å². The first-order chi connectivity index (χ1) is 12.9. The minimum atomic E-state index is 0.328. The molecule has 0 amide bonds. The van der Waals surface area contributed by atoms with Gasteiger partial charge in [0.05, 0.1) is 0 Å². The lowest BCUT2D eigenvalue weighted by atomic mass is 10.3. The molecule has 0 radical (unpaired) electrons. The lowest BCUT2D eigenvalue weighted by Gasteiger charge is -2.41. The van der Waals surface area contributed by atoms with Gasteiger partial charge in [-0.05, 0) is 92.2 Å². The molecule has 4 aliphatic carbocycles. The van der Waals surface area contributed by atoms with Gasteiger partial charge in [-0.1, -0.05) is 74.1 Å². The zero-order chi connectivity index (χ0) is 17.8. The summed E-state index contributed by atoms with van der Waals surface area (Å²) in [6.07, 6.45) is 28.7. The average molecular weight is 395 g/mol. The van der Waals surface area contributed by atoms with E-state index < -0.39 is 0 Å². The molecule has 0 bridgehead atoms. The van der Waals surface area contributed by atoms with Gasteiger partial charge in [0, 0.05) is 0 Å². The van der Waals surface area contributed by atoms with Gasteiger partial charge >= 0.3 is 0 Å². The zero-order valence-corrected chi connectivity index (χ0v) is 19.3. The molecule has 1 atom stereocenters. The number of hydrogen-bond donors (Lipinski definition) is 0. The molecule has 2 heteroatoms. The Hall–Kier alpha value is 0.860. The molecular formula is C24H44P2. The topological polar surface area (TPSA) is 0 Å². The summed E-state index contributed by atoms with van der Waals surface area (Å²) in [4.78, 5) is 0.